The highest BCUT2D eigenvalue weighted by molar-refractivity contribution is 7.88. The summed E-state index contributed by atoms with van der Waals surface area (Å²) in [6.45, 7) is 3.16. The number of ether oxygens (including phenoxy) is 1. The van der Waals surface area contributed by atoms with E-state index in [0.29, 0.717) is 25.4 Å². The van der Waals surface area contributed by atoms with Crippen molar-refractivity contribution in [2.75, 3.05) is 39.0 Å². The smallest absolute Gasteiger partial charge is 0.260 e. The first-order valence-electron chi connectivity index (χ1n) is 9.17. The molecule has 0 saturated carbocycles. The molecule has 1 amide bonds. The molecule has 3 rings (SSSR count). The van der Waals surface area contributed by atoms with Crippen molar-refractivity contribution in [2.45, 2.75) is 31.5 Å². The molecule has 0 unspecified atom stereocenters. The summed E-state index contributed by atoms with van der Waals surface area (Å²) in [6.07, 6.45) is 2.49. The minimum atomic E-state index is -3.35. The Balaban J connectivity index is 1.47. The van der Waals surface area contributed by atoms with Gasteiger partial charge in [0.15, 0.2) is 6.61 Å². The van der Waals surface area contributed by atoms with Crippen LogP contribution in [0.1, 0.15) is 18.4 Å². The van der Waals surface area contributed by atoms with Crippen molar-refractivity contribution >= 4 is 15.9 Å². The first-order chi connectivity index (χ1) is 12.8. The van der Waals surface area contributed by atoms with Crippen LogP contribution in [-0.4, -0.2) is 80.4 Å². The molecule has 0 spiro atoms. The van der Waals surface area contributed by atoms with Gasteiger partial charge in [0.1, 0.15) is 5.75 Å². The van der Waals surface area contributed by atoms with Gasteiger partial charge in [0.05, 0.1) is 18.4 Å². The van der Waals surface area contributed by atoms with E-state index in [-0.39, 0.29) is 12.5 Å². The monoisotopic (exact) mass is 397 g/mol. The first-order valence-corrected chi connectivity index (χ1v) is 11.1. The van der Waals surface area contributed by atoms with E-state index >= 15 is 0 Å². The molecule has 2 N–H and O–H groups in total. The van der Waals surface area contributed by atoms with E-state index in [1.165, 1.54) is 0 Å². The highest BCUT2D eigenvalue weighted by Crippen LogP contribution is 2.18. The number of amides is 1. The fourth-order valence-electron chi connectivity index (χ4n) is 3.54. The second kappa shape index (κ2) is 8.55. The third-order valence-electron chi connectivity index (χ3n) is 4.88. The maximum Gasteiger partial charge on any atom is 0.260 e. The van der Waals surface area contributed by atoms with Crippen LogP contribution in [0.3, 0.4) is 0 Å². The van der Waals surface area contributed by atoms with Crippen molar-refractivity contribution in [3.05, 3.63) is 29.8 Å². The Morgan fingerprint density at radius 2 is 1.89 bits per heavy atom. The molecule has 150 valence electrons. The summed E-state index contributed by atoms with van der Waals surface area (Å²) >= 11 is 0. The van der Waals surface area contributed by atoms with Crippen molar-refractivity contribution in [3.63, 3.8) is 0 Å². The summed E-state index contributed by atoms with van der Waals surface area (Å²) in [5.74, 6) is 0.663. The molecule has 2 fully saturated rings. The number of hydrogen-bond acceptors (Lipinski definition) is 6. The van der Waals surface area contributed by atoms with Crippen molar-refractivity contribution in [3.8, 4) is 5.75 Å². The molecule has 0 bridgehead atoms. The van der Waals surface area contributed by atoms with E-state index in [2.05, 4.69) is 4.72 Å². The van der Waals surface area contributed by atoms with E-state index in [1.54, 1.807) is 0 Å². The molecule has 2 heterocycles. The summed E-state index contributed by atoms with van der Waals surface area (Å²) in [5, 5.41) is 10.0. The van der Waals surface area contributed by atoms with Crippen LogP contribution in [0.2, 0.25) is 0 Å². The van der Waals surface area contributed by atoms with Crippen molar-refractivity contribution in [1.82, 2.24) is 14.5 Å². The number of β-amino-alcohol motifs (C(OH)–C–C–N with tert-alkyl or cyclic N) is 1. The standard InChI is InChI=1S/C18H27N3O5S/c1-27(24,25)19-16-11-20(12-17(16)22)10-14-4-6-15(7-5-14)26-13-18(23)21-8-2-3-9-21/h4-7,16-17,19,22H,2-3,8-13H2,1H3/t16-,17-/m1/s1. The Morgan fingerprint density at radius 3 is 2.52 bits per heavy atom. The molecule has 1 aromatic carbocycles. The van der Waals surface area contributed by atoms with Gasteiger partial charge >= 0.3 is 0 Å². The number of hydrogen-bond donors (Lipinski definition) is 2. The second-order valence-electron chi connectivity index (χ2n) is 7.28. The largest absolute Gasteiger partial charge is 0.484 e. The van der Waals surface area contributed by atoms with Crippen LogP contribution in [0.25, 0.3) is 0 Å². The zero-order valence-electron chi connectivity index (χ0n) is 15.5. The van der Waals surface area contributed by atoms with E-state index in [4.69, 9.17) is 4.74 Å². The summed E-state index contributed by atoms with van der Waals surface area (Å²) < 4.78 is 30.7. The number of nitrogens with one attached hydrogen (secondary N) is 1. The average molecular weight is 397 g/mol. The lowest BCUT2D eigenvalue weighted by molar-refractivity contribution is -0.132. The van der Waals surface area contributed by atoms with Gasteiger partial charge in [0, 0.05) is 32.7 Å². The minimum Gasteiger partial charge on any atom is -0.484 e. The maximum atomic E-state index is 12.0. The van der Waals surface area contributed by atoms with E-state index in [1.807, 2.05) is 34.1 Å². The number of aliphatic hydroxyl groups excluding tert-OH is 1. The molecule has 0 radical (unpaired) electrons. The molecule has 2 aliphatic rings. The Bertz CT molecular complexity index is 747. The van der Waals surface area contributed by atoms with Crippen molar-refractivity contribution in [1.29, 1.82) is 0 Å². The fraction of sp³-hybridized carbons (Fsp3) is 0.611. The maximum absolute atomic E-state index is 12.0. The number of benzene rings is 1. The lowest BCUT2D eigenvalue weighted by Crippen LogP contribution is -2.42. The first kappa shape index (κ1) is 20.1. The second-order valence-corrected chi connectivity index (χ2v) is 9.06. The zero-order chi connectivity index (χ0) is 19.4. The number of nitrogens with zero attached hydrogens (tertiary/aromatic N) is 2. The SMILES string of the molecule is CS(=O)(=O)N[C@@H]1CN(Cc2ccc(OCC(=O)N3CCCC3)cc2)C[C@H]1O. The summed E-state index contributed by atoms with van der Waals surface area (Å²) in [7, 11) is -3.35. The zero-order valence-corrected chi connectivity index (χ0v) is 16.3. The molecule has 2 aliphatic heterocycles. The summed E-state index contributed by atoms with van der Waals surface area (Å²) in [6, 6.07) is 6.99. The minimum absolute atomic E-state index is 0.0204. The molecule has 27 heavy (non-hydrogen) atoms. The third-order valence-corrected chi connectivity index (χ3v) is 5.61. The van der Waals surface area contributed by atoms with Gasteiger partial charge in [-0.25, -0.2) is 13.1 Å². The third kappa shape index (κ3) is 5.90. The lowest BCUT2D eigenvalue weighted by Gasteiger charge is -2.17. The molecule has 0 aliphatic carbocycles. The van der Waals surface area contributed by atoms with E-state index < -0.39 is 22.2 Å². The van der Waals surface area contributed by atoms with Crippen LogP contribution in [0.15, 0.2) is 24.3 Å². The molecule has 0 aromatic heterocycles. The number of carbonyl (C=O) groups excluding carboxylic acids is 1. The Hall–Kier alpha value is -1.68. The fourth-order valence-corrected chi connectivity index (χ4v) is 4.32. The molecule has 2 saturated heterocycles. The summed E-state index contributed by atoms with van der Waals surface area (Å²) in [4.78, 5) is 15.8. The summed E-state index contributed by atoms with van der Waals surface area (Å²) in [5.41, 5.74) is 1.03. The average Bonchev–Trinajstić information content (AvgIpc) is 3.23. The molecular formula is C18H27N3O5S. The quantitative estimate of drug-likeness (QED) is 0.660. The van der Waals surface area contributed by atoms with Gasteiger partial charge in [-0.15, -0.1) is 0 Å². The normalized spacial score (nSPS) is 23.7. The van der Waals surface area contributed by atoms with Crippen LogP contribution in [0.4, 0.5) is 0 Å². The van der Waals surface area contributed by atoms with Gasteiger partial charge in [-0.05, 0) is 30.5 Å². The van der Waals surface area contributed by atoms with E-state index in [9.17, 15) is 18.3 Å². The van der Waals surface area contributed by atoms with Gasteiger partial charge < -0.3 is 14.7 Å². The van der Waals surface area contributed by atoms with E-state index in [0.717, 1.165) is 37.8 Å². The predicted octanol–water partition coefficient (Wildman–Crippen LogP) is -0.218. The number of sulfonamides is 1. The predicted molar refractivity (Wildman–Crippen MR) is 101 cm³/mol. The Kier molecular flexibility index (Phi) is 6.36. The highest BCUT2D eigenvalue weighted by atomic mass is 32.2. The number of aliphatic hydroxyl groups is 1. The highest BCUT2D eigenvalue weighted by Gasteiger charge is 2.32. The molecule has 2 atom stereocenters. The van der Waals surface area contributed by atoms with Crippen molar-refractivity contribution < 1.29 is 23.1 Å². The Labute approximate surface area is 160 Å². The van der Waals surface area contributed by atoms with Gasteiger partial charge in [0.2, 0.25) is 10.0 Å². The van der Waals surface area contributed by atoms with Gasteiger partial charge in [-0.2, -0.15) is 0 Å². The molecule has 8 nitrogen and oxygen atoms in total. The lowest BCUT2D eigenvalue weighted by atomic mass is 10.2. The van der Waals surface area contributed by atoms with Crippen LogP contribution < -0.4 is 9.46 Å². The van der Waals surface area contributed by atoms with Gasteiger partial charge in [-0.1, -0.05) is 12.1 Å². The van der Waals surface area contributed by atoms with Gasteiger partial charge in [-0.3, -0.25) is 9.69 Å². The molecular weight excluding hydrogens is 370 g/mol. The van der Waals surface area contributed by atoms with Crippen LogP contribution >= 0.6 is 0 Å². The molecule has 1 aromatic rings. The van der Waals surface area contributed by atoms with Crippen LogP contribution in [0.5, 0.6) is 5.75 Å². The van der Waals surface area contributed by atoms with Crippen LogP contribution in [-0.2, 0) is 21.4 Å². The van der Waals surface area contributed by atoms with Crippen LogP contribution in [0, 0.1) is 0 Å². The number of carbonyl (C=O) groups is 1. The topological polar surface area (TPSA) is 99.2 Å². The van der Waals surface area contributed by atoms with Gasteiger partial charge in [0.25, 0.3) is 5.91 Å². The molecule has 9 heteroatoms. The van der Waals surface area contributed by atoms with Crippen molar-refractivity contribution in [2.24, 2.45) is 0 Å². The number of rotatable bonds is 7. The Morgan fingerprint density at radius 1 is 1.22 bits per heavy atom. The number of likely N-dealkylation sites (tertiary alicyclic amines) is 2.